The summed E-state index contributed by atoms with van der Waals surface area (Å²) in [5.74, 6) is 0.286. The summed E-state index contributed by atoms with van der Waals surface area (Å²) in [5.41, 5.74) is 1.06. The lowest BCUT2D eigenvalue weighted by atomic mass is 10.2. The van der Waals surface area contributed by atoms with Crippen molar-refractivity contribution in [1.29, 1.82) is 0 Å². The lowest BCUT2D eigenvalue weighted by Crippen LogP contribution is -2.37. The van der Waals surface area contributed by atoms with Crippen LogP contribution in [0.25, 0.3) is 5.69 Å². The van der Waals surface area contributed by atoms with E-state index in [0.717, 1.165) is 0 Å². The van der Waals surface area contributed by atoms with Crippen molar-refractivity contribution < 1.29 is 9.18 Å². The van der Waals surface area contributed by atoms with Crippen molar-refractivity contribution in [3.63, 3.8) is 0 Å². The average Bonchev–Trinajstić information content (AvgIpc) is 3.25. The van der Waals surface area contributed by atoms with Gasteiger partial charge in [0, 0.05) is 33.0 Å². The zero-order valence-corrected chi connectivity index (χ0v) is 15.1. The van der Waals surface area contributed by atoms with Crippen LogP contribution >= 0.6 is 11.6 Å². The first-order valence-electron chi connectivity index (χ1n) is 7.87. The van der Waals surface area contributed by atoms with Gasteiger partial charge in [-0.25, -0.2) is 19.2 Å². The van der Waals surface area contributed by atoms with Gasteiger partial charge in [0.1, 0.15) is 16.8 Å². The number of benzene rings is 1. The monoisotopic (exact) mass is 376 g/mol. The number of imidazole rings is 2. The van der Waals surface area contributed by atoms with E-state index in [-0.39, 0.29) is 18.4 Å². The average molecular weight is 377 g/mol. The molecule has 26 heavy (non-hydrogen) atoms. The van der Waals surface area contributed by atoms with E-state index in [2.05, 4.69) is 15.3 Å². The zero-order chi connectivity index (χ0) is 18.7. The van der Waals surface area contributed by atoms with Crippen molar-refractivity contribution in [3.05, 3.63) is 65.5 Å². The highest BCUT2D eigenvalue weighted by atomic mass is 35.5. The SMILES string of the molecule is CN(Cc1ncc(Cl)n1C)C(=O)NCc1ccc(-n2ccnc2)c(F)c1. The largest absolute Gasteiger partial charge is 0.334 e. The molecule has 0 fully saturated rings. The molecular weight excluding hydrogens is 359 g/mol. The number of nitrogens with one attached hydrogen (secondary N) is 1. The Hall–Kier alpha value is -2.87. The Labute approximate surface area is 155 Å². The molecule has 0 spiro atoms. The Morgan fingerprint density at radius 3 is 2.85 bits per heavy atom. The highest BCUT2D eigenvalue weighted by Crippen LogP contribution is 2.15. The Bertz CT molecular complexity index is 908. The third-order valence-corrected chi connectivity index (χ3v) is 4.34. The van der Waals surface area contributed by atoms with Gasteiger partial charge >= 0.3 is 6.03 Å². The molecule has 1 N–H and O–H groups in total. The molecule has 2 aromatic heterocycles. The van der Waals surface area contributed by atoms with Gasteiger partial charge in [-0.1, -0.05) is 17.7 Å². The molecule has 0 bridgehead atoms. The predicted octanol–water partition coefficient (Wildman–Crippen LogP) is 2.74. The lowest BCUT2D eigenvalue weighted by molar-refractivity contribution is 0.205. The quantitative estimate of drug-likeness (QED) is 0.744. The molecule has 7 nitrogen and oxygen atoms in total. The van der Waals surface area contributed by atoms with Crippen molar-refractivity contribution in [2.45, 2.75) is 13.1 Å². The van der Waals surface area contributed by atoms with Crippen LogP contribution in [0.5, 0.6) is 0 Å². The van der Waals surface area contributed by atoms with Crippen molar-refractivity contribution in [3.8, 4) is 5.69 Å². The lowest BCUT2D eigenvalue weighted by Gasteiger charge is -2.18. The number of hydrogen-bond donors (Lipinski definition) is 1. The minimum absolute atomic E-state index is 0.214. The number of carbonyl (C=O) groups excluding carboxylic acids is 1. The van der Waals surface area contributed by atoms with Crippen LogP contribution in [0.2, 0.25) is 5.15 Å². The topological polar surface area (TPSA) is 68.0 Å². The summed E-state index contributed by atoms with van der Waals surface area (Å²) in [7, 11) is 3.43. The smallest absolute Gasteiger partial charge is 0.317 e. The van der Waals surface area contributed by atoms with Crippen LogP contribution in [0.1, 0.15) is 11.4 Å². The Balaban J connectivity index is 1.59. The van der Waals surface area contributed by atoms with Crippen molar-refractivity contribution in [2.24, 2.45) is 7.05 Å². The van der Waals surface area contributed by atoms with Crippen molar-refractivity contribution in [2.75, 3.05) is 7.05 Å². The summed E-state index contributed by atoms with van der Waals surface area (Å²) < 4.78 is 17.5. The van der Waals surface area contributed by atoms with Crippen LogP contribution in [0.4, 0.5) is 9.18 Å². The van der Waals surface area contributed by atoms with Crippen LogP contribution < -0.4 is 5.32 Å². The molecule has 0 atom stereocenters. The van der Waals surface area contributed by atoms with Gasteiger partial charge in [-0.15, -0.1) is 0 Å². The Kier molecular flexibility index (Phi) is 5.22. The van der Waals surface area contributed by atoms with Crippen LogP contribution in [0.3, 0.4) is 0 Å². The molecule has 0 saturated heterocycles. The van der Waals surface area contributed by atoms with Crippen molar-refractivity contribution in [1.82, 2.24) is 29.3 Å². The molecule has 1 aromatic carbocycles. The van der Waals surface area contributed by atoms with Gasteiger partial charge in [0.2, 0.25) is 0 Å². The molecule has 2 amide bonds. The normalized spacial score (nSPS) is 10.8. The molecule has 9 heteroatoms. The standard InChI is InChI=1S/C17H18ClFN6O/c1-23(10-16-21-9-15(18)24(16)2)17(26)22-8-12-3-4-14(13(19)7-12)25-6-5-20-11-25/h3-7,9,11H,8,10H2,1-2H3,(H,22,26). The molecule has 2 heterocycles. The number of aromatic nitrogens is 4. The number of hydrogen-bond acceptors (Lipinski definition) is 3. The maximum atomic E-state index is 14.2. The number of halogens is 2. The highest BCUT2D eigenvalue weighted by Gasteiger charge is 2.13. The fourth-order valence-electron chi connectivity index (χ4n) is 2.44. The summed E-state index contributed by atoms with van der Waals surface area (Å²) in [6, 6.07) is 4.52. The first-order chi connectivity index (χ1) is 12.5. The third kappa shape index (κ3) is 3.85. The summed E-state index contributed by atoms with van der Waals surface area (Å²) in [5, 5.41) is 3.26. The fraction of sp³-hybridized carbons (Fsp3) is 0.235. The van der Waals surface area contributed by atoms with E-state index in [1.165, 1.54) is 23.5 Å². The molecule has 3 rings (SSSR count). The zero-order valence-electron chi connectivity index (χ0n) is 14.4. The van der Waals surface area contributed by atoms with Crippen LogP contribution in [0, 0.1) is 5.82 Å². The van der Waals surface area contributed by atoms with Gasteiger partial charge in [0.05, 0.1) is 24.8 Å². The summed E-state index contributed by atoms with van der Waals surface area (Å²) in [6.45, 7) is 0.522. The van der Waals surface area contributed by atoms with Gasteiger partial charge in [-0.05, 0) is 17.7 Å². The predicted molar refractivity (Wildman–Crippen MR) is 95.4 cm³/mol. The number of nitrogens with zero attached hydrogens (tertiary/aromatic N) is 5. The first-order valence-corrected chi connectivity index (χ1v) is 8.25. The molecule has 0 aliphatic heterocycles. The molecular formula is C17H18ClFN6O. The molecule has 3 aromatic rings. The second-order valence-electron chi connectivity index (χ2n) is 5.83. The summed E-state index contributed by atoms with van der Waals surface area (Å²) in [6.07, 6.45) is 6.31. The maximum Gasteiger partial charge on any atom is 0.317 e. The first kappa shape index (κ1) is 17.9. The van der Waals surface area contributed by atoms with Gasteiger partial charge in [-0.2, -0.15) is 0 Å². The van der Waals surface area contributed by atoms with E-state index >= 15 is 0 Å². The Morgan fingerprint density at radius 1 is 1.42 bits per heavy atom. The van der Waals surface area contributed by atoms with E-state index < -0.39 is 0 Å². The van der Waals surface area contributed by atoms with Crippen LogP contribution in [-0.2, 0) is 20.1 Å². The van der Waals surface area contributed by atoms with Gasteiger partial charge in [-0.3, -0.25) is 0 Å². The minimum atomic E-state index is -0.384. The third-order valence-electron chi connectivity index (χ3n) is 3.99. The van der Waals surface area contributed by atoms with E-state index in [9.17, 15) is 9.18 Å². The molecule has 0 radical (unpaired) electrons. The number of urea groups is 1. The highest BCUT2D eigenvalue weighted by molar-refractivity contribution is 6.29. The second-order valence-corrected chi connectivity index (χ2v) is 6.21. The Morgan fingerprint density at radius 2 is 2.23 bits per heavy atom. The fourth-order valence-corrected chi connectivity index (χ4v) is 2.59. The number of rotatable bonds is 5. The molecule has 0 aliphatic rings. The van der Waals surface area contributed by atoms with E-state index in [1.807, 2.05) is 0 Å². The van der Waals surface area contributed by atoms with E-state index in [4.69, 9.17) is 11.6 Å². The molecule has 0 unspecified atom stereocenters. The molecule has 136 valence electrons. The summed E-state index contributed by atoms with van der Waals surface area (Å²) >= 11 is 5.94. The maximum absolute atomic E-state index is 14.2. The summed E-state index contributed by atoms with van der Waals surface area (Å²) in [4.78, 5) is 21.8. The van der Waals surface area contributed by atoms with Gasteiger partial charge < -0.3 is 19.4 Å². The molecule has 0 saturated carbocycles. The second kappa shape index (κ2) is 7.57. The van der Waals surface area contributed by atoms with Crippen LogP contribution in [0.15, 0.2) is 43.1 Å². The van der Waals surface area contributed by atoms with E-state index in [1.54, 1.807) is 47.8 Å². The minimum Gasteiger partial charge on any atom is -0.334 e. The van der Waals surface area contributed by atoms with Crippen LogP contribution in [-0.4, -0.2) is 37.1 Å². The number of amides is 2. The molecule has 0 aliphatic carbocycles. The number of carbonyl (C=O) groups is 1. The van der Waals surface area contributed by atoms with Gasteiger partial charge in [0.25, 0.3) is 0 Å². The van der Waals surface area contributed by atoms with Crippen molar-refractivity contribution >= 4 is 17.6 Å². The van der Waals surface area contributed by atoms with Gasteiger partial charge in [0.15, 0.2) is 0 Å². The van der Waals surface area contributed by atoms with E-state index in [0.29, 0.717) is 28.8 Å².